The van der Waals surface area contributed by atoms with E-state index < -0.39 is 0 Å². The second kappa shape index (κ2) is 6.56. The van der Waals surface area contributed by atoms with Crippen LogP contribution >= 0.6 is 0 Å². The molecule has 1 aromatic rings. The third-order valence-corrected chi connectivity index (χ3v) is 4.23. The van der Waals surface area contributed by atoms with Gasteiger partial charge in [0.2, 0.25) is 5.91 Å². The van der Waals surface area contributed by atoms with Crippen molar-refractivity contribution in [1.29, 1.82) is 0 Å². The third kappa shape index (κ3) is 3.81. The molecule has 2 rings (SSSR count). The molecule has 0 bridgehead atoms. The topological polar surface area (TPSA) is 77.0 Å². The fraction of sp³-hybridized carbons (Fsp3) is 0.800. The maximum absolute atomic E-state index is 12.4. The molecule has 1 saturated heterocycles. The summed E-state index contributed by atoms with van der Waals surface area (Å²) in [5.74, 6) is 2.44. The smallest absolute Gasteiger partial charge is 0.239 e. The molecule has 1 aromatic heterocycles. The van der Waals surface area contributed by atoms with Gasteiger partial charge in [-0.05, 0) is 38.5 Å². The SMILES string of the molecule is Cc1nc(C)n(CC2CCCN(C(=O)[C@@H](N)C(C)C)C2)n1. The van der Waals surface area contributed by atoms with Crippen LogP contribution in [0.1, 0.15) is 38.3 Å². The molecule has 1 aliphatic heterocycles. The van der Waals surface area contributed by atoms with Crippen molar-refractivity contribution in [3.05, 3.63) is 11.6 Å². The van der Waals surface area contributed by atoms with Crippen molar-refractivity contribution in [2.75, 3.05) is 13.1 Å². The van der Waals surface area contributed by atoms with Crippen LogP contribution in [0.25, 0.3) is 0 Å². The average molecular weight is 293 g/mol. The van der Waals surface area contributed by atoms with Crippen LogP contribution in [-0.4, -0.2) is 44.7 Å². The van der Waals surface area contributed by atoms with Crippen LogP contribution in [0.5, 0.6) is 0 Å². The van der Waals surface area contributed by atoms with Gasteiger partial charge in [0.25, 0.3) is 0 Å². The summed E-state index contributed by atoms with van der Waals surface area (Å²) in [5.41, 5.74) is 6.00. The summed E-state index contributed by atoms with van der Waals surface area (Å²) >= 11 is 0. The predicted molar refractivity (Wildman–Crippen MR) is 81.6 cm³/mol. The Balaban J connectivity index is 1.97. The number of nitrogens with zero attached hydrogens (tertiary/aromatic N) is 4. The monoisotopic (exact) mass is 293 g/mol. The Labute approximate surface area is 126 Å². The predicted octanol–water partition coefficient (Wildman–Crippen LogP) is 1.12. The van der Waals surface area contributed by atoms with E-state index in [-0.39, 0.29) is 17.9 Å². The lowest BCUT2D eigenvalue weighted by Crippen LogP contribution is -2.50. The van der Waals surface area contributed by atoms with Crippen molar-refractivity contribution < 1.29 is 4.79 Å². The third-order valence-electron chi connectivity index (χ3n) is 4.23. The molecular formula is C15H27N5O. The lowest BCUT2D eigenvalue weighted by atomic mass is 9.96. The van der Waals surface area contributed by atoms with Gasteiger partial charge in [-0.3, -0.25) is 4.79 Å². The highest BCUT2D eigenvalue weighted by molar-refractivity contribution is 5.82. The lowest BCUT2D eigenvalue weighted by molar-refractivity contribution is -0.135. The first-order valence-electron chi connectivity index (χ1n) is 7.81. The summed E-state index contributed by atoms with van der Waals surface area (Å²) in [6.45, 7) is 10.3. The van der Waals surface area contributed by atoms with Crippen molar-refractivity contribution in [3.63, 3.8) is 0 Å². The minimum Gasteiger partial charge on any atom is -0.341 e. The van der Waals surface area contributed by atoms with E-state index in [0.717, 1.165) is 44.1 Å². The Morgan fingerprint density at radius 3 is 2.71 bits per heavy atom. The first-order valence-corrected chi connectivity index (χ1v) is 7.81. The molecule has 118 valence electrons. The molecule has 1 amide bonds. The van der Waals surface area contributed by atoms with Gasteiger partial charge < -0.3 is 10.6 Å². The molecule has 0 radical (unpaired) electrons. The molecule has 2 atom stereocenters. The van der Waals surface area contributed by atoms with Crippen molar-refractivity contribution >= 4 is 5.91 Å². The molecule has 1 aliphatic rings. The number of piperidine rings is 1. The van der Waals surface area contributed by atoms with E-state index in [0.29, 0.717) is 5.92 Å². The van der Waals surface area contributed by atoms with Crippen LogP contribution in [-0.2, 0) is 11.3 Å². The van der Waals surface area contributed by atoms with Crippen molar-refractivity contribution in [3.8, 4) is 0 Å². The molecular weight excluding hydrogens is 266 g/mol. The zero-order valence-corrected chi connectivity index (χ0v) is 13.5. The van der Waals surface area contributed by atoms with E-state index in [9.17, 15) is 4.79 Å². The molecule has 1 fully saturated rings. The zero-order chi connectivity index (χ0) is 15.6. The average Bonchev–Trinajstić information content (AvgIpc) is 2.75. The van der Waals surface area contributed by atoms with E-state index >= 15 is 0 Å². The Hall–Kier alpha value is -1.43. The van der Waals surface area contributed by atoms with Crippen LogP contribution < -0.4 is 5.73 Å². The van der Waals surface area contributed by atoms with E-state index in [1.165, 1.54) is 0 Å². The minimum atomic E-state index is -0.390. The van der Waals surface area contributed by atoms with Gasteiger partial charge in [0.05, 0.1) is 6.04 Å². The summed E-state index contributed by atoms with van der Waals surface area (Å²) in [4.78, 5) is 18.6. The fourth-order valence-electron chi connectivity index (χ4n) is 2.89. The van der Waals surface area contributed by atoms with Crippen LogP contribution in [0, 0.1) is 25.7 Å². The quantitative estimate of drug-likeness (QED) is 0.902. The molecule has 2 N–H and O–H groups in total. The largest absolute Gasteiger partial charge is 0.341 e. The summed E-state index contributed by atoms with van der Waals surface area (Å²) in [5, 5.41) is 4.41. The maximum atomic E-state index is 12.4. The molecule has 6 nitrogen and oxygen atoms in total. The van der Waals surface area contributed by atoms with Gasteiger partial charge in [-0.1, -0.05) is 13.8 Å². The molecule has 0 aliphatic carbocycles. The van der Waals surface area contributed by atoms with Crippen molar-refractivity contribution in [2.24, 2.45) is 17.6 Å². The van der Waals surface area contributed by atoms with Crippen LogP contribution in [0.3, 0.4) is 0 Å². The number of rotatable bonds is 4. The Kier molecular flexibility index (Phi) is 4.98. The van der Waals surface area contributed by atoms with E-state index in [4.69, 9.17) is 5.73 Å². The molecule has 0 saturated carbocycles. The number of nitrogens with two attached hydrogens (primary N) is 1. The van der Waals surface area contributed by atoms with Gasteiger partial charge in [-0.25, -0.2) is 9.67 Å². The molecule has 21 heavy (non-hydrogen) atoms. The van der Waals surface area contributed by atoms with Gasteiger partial charge in [0.15, 0.2) is 0 Å². The second-order valence-corrected chi connectivity index (χ2v) is 6.45. The van der Waals surface area contributed by atoms with Gasteiger partial charge in [0, 0.05) is 19.6 Å². The number of hydrogen-bond acceptors (Lipinski definition) is 4. The van der Waals surface area contributed by atoms with E-state index in [2.05, 4.69) is 10.1 Å². The number of aromatic nitrogens is 3. The Morgan fingerprint density at radius 2 is 2.14 bits per heavy atom. The number of carbonyl (C=O) groups excluding carboxylic acids is 1. The lowest BCUT2D eigenvalue weighted by Gasteiger charge is -2.35. The summed E-state index contributed by atoms with van der Waals surface area (Å²) in [7, 11) is 0. The van der Waals surface area contributed by atoms with Crippen molar-refractivity contribution in [1.82, 2.24) is 19.7 Å². The molecule has 0 aromatic carbocycles. The number of carbonyl (C=O) groups is 1. The number of amides is 1. The van der Waals surface area contributed by atoms with Crippen molar-refractivity contribution in [2.45, 2.75) is 53.1 Å². The molecule has 0 spiro atoms. The Morgan fingerprint density at radius 1 is 1.43 bits per heavy atom. The normalized spacial score (nSPS) is 20.9. The molecule has 1 unspecified atom stereocenters. The van der Waals surface area contributed by atoms with Gasteiger partial charge in [-0.2, -0.15) is 5.10 Å². The van der Waals surface area contributed by atoms with Gasteiger partial charge in [-0.15, -0.1) is 0 Å². The summed E-state index contributed by atoms with van der Waals surface area (Å²) in [6.07, 6.45) is 2.16. The molecule has 2 heterocycles. The fourth-order valence-corrected chi connectivity index (χ4v) is 2.89. The highest BCUT2D eigenvalue weighted by Gasteiger charge is 2.28. The van der Waals surface area contributed by atoms with Crippen LogP contribution in [0.15, 0.2) is 0 Å². The zero-order valence-electron chi connectivity index (χ0n) is 13.5. The van der Waals surface area contributed by atoms with Crippen LogP contribution in [0.2, 0.25) is 0 Å². The highest BCUT2D eigenvalue weighted by atomic mass is 16.2. The van der Waals surface area contributed by atoms with E-state index in [1.807, 2.05) is 37.3 Å². The summed E-state index contributed by atoms with van der Waals surface area (Å²) in [6, 6.07) is -0.390. The minimum absolute atomic E-state index is 0.0844. The molecule has 6 heteroatoms. The standard InChI is InChI=1S/C15H27N5O/c1-10(2)14(16)15(21)19-7-5-6-13(8-19)9-20-12(4)17-11(3)18-20/h10,13-14H,5-9,16H2,1-4H3/t13?,14-/m0/s1. The van der Waals surface area contributed by atoms with Gasteiger partial charge in [0.1, 0.15) is 11.6 Å². The number of likely N-dealkylation sites (tertiary alicyclic amines) is 1. The summed E-state index contributed by atoms with van der Waals surface area (Å²) < 4.78 is 1.95. The number of aryl methyl sites for hydroxylation is 2. The first kappa shape index (κ1) is 15.9. The van der Waals surface area contributed by atoms with Gasteiger partial charge >= 0.3 is 0 Å². The maximum Gasteiger partial charge on any atom is 0.239 e. The first-order chi connectivity index (χ1) is 9.88. The van der Waals surface area contributed by atoms with Crippen LogP contribution in [0.4, 0.5) is 0 Å². The van der Waals surface area contributed by atoms with E-state index in [1.54, 1.807) is 0 Å². The highest BCUT2D eigenvalue weighted by Crippen LogP contribution is 2.20. The number of hydrogen-bond donors (Lipinski definition) is 1. The Bertz CT molecular complexity index is 496. The second-order valence-electron chi connectivity index (χ2n) is 6.45.